The second-order valence-electron chi connectivity index (χ2n) is 7.38. The number of amides is 2. The largest absolute Gasteiger partial charge is 0.379 e. The van der Waals surface area contributed by atoms with Crippen molar-refractivity contribution < 1.29 is 9.53 Å². The summed E-state index contributed by atoms with van der Waals surface area (Å²) < 4.78 is 7.22. The normalized spacial score (nSPS) is 23.5. The van der Waals surface area contributed by atoms with Crippen molar-refractivity contribution in [2.24, 2.45) is 13.0 Å². The predicted molar refractivity (Wildman–Crippen MR) is 96.4 cm³/mol. The summed E-state index contributed by atoms with van der Waals surface area (Å²) >= 11 is 0. The van der Waals surface area contributed by atoms with Gasteiger partial charge in [-0.3, -0.25) is 9.58 Å². The molecule has 2 amide bonds. The minimum atomic E-state index is -0.0270. The number of nitrogens with one attached hydrogen (secondary N) is 1. The molecule has 0 aliphatic carbocycles. The summed E-state index contributed by atoms with van der Waals surface area (Å²) in [7, 11) is 1.91. The maximum atomic E-state index is 12.7. The number of hydrogen-bond acceptors (Lipinski definition) is 4. The number of rotatable bonds is 4. The van der Waals surface area contributed by atoms with Crippen LogP contribution in [0, 0.1) is 12.8 Å². The number of piperidine rings is 1. The highest BCUT2D eigenvalue weighted by Gasteiger charge is 2.27. The molecule has 3 heterocycles. The van der Waals surface area contributed by atoms with Crippen molar-refractivity contribution in [3.05, 3.63) is 17.5 Å². The molecule has 2 atom stereocenters. The highest BCUT2D eigenvalue weighted by Crippen LogP contribution is 2.20. The van der Waals surface area contributed by atoms with Crippen LogP contribution in [0.5, 0.6) is 0 Å². The Morgan fingerprint density at radius 1 is 1.40 bits per heavy atom. The van der Waals surface area contributed by atoms with Gasteiger partial charge in [0.1, 0.15) is 0 Å². The lowest BCUT2D eigenvalue weighted by atomic mass is 9.97. The van der Waals surface area contributed by atoms with Crippen molar-refractivity contribution in [1.29, 1.82) is 0 Å². The second-order valence-corrected chi connectivity index (χ2v) is 7.38. The fourth-order valence-corrected chi connectivity index (χ4v) is 3.94. The van der Waals surface area contributed by atoms with E-state index in [1.165, 1.54) is 6.42 Å². The third-order valence-corrected chi connectivity index (χ3v) is 5.28. The van der Waals surface area contributed by atoms with Gasteiger partial charge >= 0.3 is 6.03 Å². The van der Waals surface area contributed by atoms with Gasteiger partial charge in [-0.05, 0) is 32.6 Å². The first-order chi connectivity index (χ1) is 12.0. The molecule has 140 valence electrons. The van der Waals surface area contributed by atoms with Crippen LogP contribution in [0.1, 0.15) is 37.1 Å². The Kier molecular flexibility index (Phi) is 5.96. The molecule has 2 saturated heterocycles. The first-order valence-electron chi connectivity index (χ1n) is 9.38. The quantitative estimate of drug-likeness (QED) is 0.896. The van der Waals surface area contributed by atoms with Crippen LogP contribution in [-0.4, -0.2) is 71.5 Å². The summed E-state index contributed by atoms with van der Waals surface area (Å²) in [5, 5.41) is 7.51. The summed E-state index contributed by atoms with van der Waals surface area (Å²) in [6, 6.07) is 0.0169. The monoisotopic (exact) mass is 349 g/mol. The minimum Gasteiger partial charge on any atom is -0.379 e. The molecule has 25 heavy (non-hydrogen) atoms. The van der Waals surface area contributed by atoms with Gasteiger partial charge in [0.2, 0.25) is 0 Å². The number of hydrogen-bond donors (Lipinski definition) is 1. The number of urea groups is 1. The number of nitrogens with zero attached hydrogens (tertiary/aromatic N) is 4. The van der Waals surface area contributed by atoms with Crippen LogP contribution in [-0.2, 0) is 11.8 Å². The Hall–Kier alpha value is -1.60. The third-order valence-electron chi connectivity index (χ3n) is 5.28. The average molecular weight is 349 g/mol. The Labute approximate surface area is 150 Å². The molecule has 2 aliphatic heterocycles. The highest BCUT2D eigenvalue weighted by atomic mass is 16.5. The zero-order valence-electron chi connectivity index (χ0n) is 15.7. The van der Waals surface area contributed by atoms with Gasteiger partial charge in [-0.15, -0.1) is 0 Å². The van der Waals surface area contributed by atoms with Crippen molar-refractivity contribution in [2.75, 3.05) is 45.9 Å². The zero-order valence-corrected chi connectivity index (χ0v) is 15.7. The molecular weight excluding hydrogens is 318 g/mol. The summed E-state index contributed by atoms with van der Waals surface area (Å²) in [5.41, 5.74) is 2.05. The van der Waals surface area contributed by atoms with Crippen LogP contribution in [0.2, 0.25) is 0 Å². The molecule has 1 N–H and O–H groups in total. The average Bonchev–Trinajstić information content (AvgIpc) is 2.94. The van der Waals surface area contributed by atoms with Crippen molar-refractivity contribution in [3.8, 4) is 0 Å². The molecule has 2 aliphatic rings. The lowest BCUT2D eigenvalue weighted by Gasteiger charge is -2.37. The number of carbonyl (C=O) groups excluding carboxylic acids is 1. The molecule has 3 rings (SSSR count). The molecule has 2 fully saturated rings. The molecule has 0 saturated carbocycles. The van der Waals surface area contributed by atoms with Crippen LogP contribution < -0.4 is 5.32 Å². The van der Waals surface area contributed by atoms with Gasteiger partial charge in [0.25, 0.3) is 0 Å². The molecule has 0 spiro atoms. The van der Waals surface area contributed by atoms with Crippen LogP contribution in [0.15, 0.2) is 6.20 Å². The molecule has 1 aromatic heterocycles. The van der Waals surface area contributed by atoms with Crippen LogP contribution in [0.25, 0.3) is 0 Å². The summed E-state index contributed by atoms with van der Waals surface area (Å²) in [5.74, 6) is 0.563. The number of aromatic nitrogens is 2. The summed E-state index contributed by atoms with van der Waals surface area (Å²) in [4.78, 5) is 17.1. The third kappa shape index (κ3) is 4.73. The molecule has 0 radical (unpaired) electrons. The van der Waals surface area contributed by atoms with E-state index in [-0.39, 0.29) is 12.1 Å². The van der Waals surface area contributed by atoms with E-state index in [0.29, 0.717) is 5.92 Å². The van der Waals surface area contributed by atoms with Crippen molar-refractivity contribution in [2.45, 2.75) is 32.7 Å². The number of aryl methyl sites for hydroxylation is 2. The van der Waals surface area contributed by atoms with E-state index in [4.69, 9.17) is 4.74 Å². The number of morpholine rings is 1. The molecule has 0 bridgehead atoms. The Bertz CT molecular complexity index is 582. The number of likely N-dealkylation sites (tertiary alicyclic amines) is 1. The standard InChI is InChI=1S/C18H31N5O2/c1-14(17-13-21(3)20-15(17)2)19-18(24)23-6-4-5-16(12-23)11-22-7-9-25-10-8-22/h13-14,16H,4-12H2,1-3H3,(H,19,24)/t14-,16-/m1/s1. The molecule has 0 unspecified atom stereocenters. The van der Waals surface area contributed by atoms with E-state index in [1.807, 2.05) is 32.0 Å². The number of ether oxygens (including phenoxy) is 1. The smallest absolute Gasteiger partial charge is 0.317 e. The van der Waals surface area contributed by atoms with Gasteiger partial charge in [-0.1, -0.05) is 0 Å². The van der Waals surface area contributed by atoms with E-state index in [1.54, 1.807) is 4.68 Å². The van der Waals surface area contributed by atoms with E-state index in [9.17, 15) is 4.79 Å². The molecular formula is C18H31N5O2. The molecule has 1 aromatic rings. The fraction of sp³-hybridized carbons (Fsp3) is 0.778. The SMILES string of the molecule is Cc1nn(C)cc1[C@@H](C)NC(=O)N1CCC[C@H](CN2CCOCC2)C1. The lowest BCUT2D eigenvalue weighted by Crippen LogP contribution is -2.49. The first-order valence-corrected chi connectivity index (χ1v) is 9.38. The van der Waals surface area contributed by atoms with E-state index >= 15 is 0 Å². The van der Waals surface area contributed by atoms with Gasteiger partial charge in [0, 0.05) is 51.5 Å². The Balaban J connectivity index is 1.51. The Morgan fingerprint density at radius 3 is 2.84 bits per heavy atom. The highest BCUT2D eigenvalue weighted by molar-refractivity contribution is 5.74. The number of carbonyl (C=O) groups is 1. The van der Waals surface area contributed by atoms with E-state index in [0.717, 1.165) is 63.6 Å². The van der Waals surface area contributed by atoms with Gasteiger partial charge in [-0.2, -0.15) is 5.10 Å². The van der Waals surface area contributed by atoms with Crippen molar-refractivity contribution in [1.82, 2.24) is 24.9 Å². The molecule has 7 heteroatoms. The maximum absolute atomic E-state index is 12.7. The lowest BCUT2D eigenvalue weighted by molar-refractivity contribution is 0.0248. The van der Waals surface area contributed by atoms with Gasteiger partial charge < -0.3 is 15.0 Å². The maximum Gasteiger partial charge on any atom is 0.317 e. The first kappa shape index (κ1) is 18.2. The Morgan fingerprint density at radius 2 is 2.16 bits per heavy atom. The minimum absolute atomic E-state index is 0.0270. The van der Waals surface area contributed by atoms with Gasteiger partial charge in [-0.25, -0.2) is 4.79 Å². The van der Waals surface area contributed by atoms with E-state index < -0.39 is 0 Å². The summed E-state index contributed by atoms with van der Waals surface area (Å²) in [6.45, 7) is 10.5. The van der Waals surface area contributed by atoms with Crippen molar-refractivity contribution in [3.63, 3.8) is 0 Å². The van der Waals surface area contributed by atoms with Crippen LogP contribution >= 0.6 is 0 Å². The van der Waals surface area contributed by atoms with E-state index in [2.05, 4.69) is 15.3 Å². The molecule has 0 aromatic carbocycles. The van der Waals surface area contributed by atoms with Crippen LogP contribution in [0.3, 0.4) is 0 Å². The fourth-order valence-electron chi connectivity index (χ4n) is 3.94. The van der Waals surface area contributed by atoms with Crippen molar-refractivity contribution >= 4 is 6.03 Å². The predicted octanol–water partition coefficient (Wildman–Crippen LogP) is 1.54. The molecule has 7 nitrogen and oxygen atoms in total. The van der Waals surface area contributed by atoms with Crippen LogP contribution in [0.4, 0.5) is 4.79 Å². The van der Waals surface area contributed by atoms with Gasteiger partial charge in [0.05, 0.1) is 24.9 Å². The van der Waals surface area contributed by atoms with Gasteiger partial charge in [0.15, 0.2) is 0 Å². The summed E-state index contributed by atoms with van der Waals surface area (Å²) in [6.07, 6.45) is 4.28. The second kappa shape index (κ2) is 8.19. The topological polar surface area (TPSA) is 62.6 Å². The zero-order chi connectivity index (χ0) is 17.8.